The highest BCUT2D eigenvalue weighted by Gasteiger charge is 2.20. The van der Waals surface area contributed by atoms with Gasteiger partial charge in [-0.25, -0.2) is 4.79 Å². The lowest BCUT2D eigenvalue weighted by molar-refractivity contribution is -0.135. The fourth-order valence-electron chi connectivity index (χ4n) is 2.72. The topological polar surface area (TPSA) is 97.6 Å². The molecule has 2 aromatic heterocycles. The van der Waals surface area contributed by atoms with E-state index in [0.717, 1.165) is 11.3 Å². The molecule has 9 heteroatoms. The monoisotopic (exact) mass is 414 g/mol. The molecule has 0 aliphatic heterocycles. The Morgan fingerprint density at radius 2 is 2.03 bits per heavy atom. The zero-order chi connectivity index (χ0) is 20.6. The van der Waals surface area contributed by atoms with Crippen LogP contribution in [-0.2, 0) is 16.1 Å². The molecule has 29 heavy (non-hydrogen) atoms. The fourth-order valence-corrected chi connectivity index (χ4v) is 3.36. The summed E-state index contributed by atoms with van der Waals surface area (Å²) >= 11 is 1.50. The molecular formula is C20H22N4O4S. The van der Waals surface area contributed by atoms with Gasteiger partial charge in [-0.1, -0.05) is 25.1 Å². The number of anilines is 1. The minimum Gasteiger partial charge on any atom is -0.452 e. The van der Waals surface area contributed by atoms with Crippen LogP contribution in [0.2, 0.25) is 0 Å². The van der Waals surface area contributed by atoms with E-state index in [1.807, 2.05) is 30.5 Å². The highest BCUT2D eigenvalue weighted by atomic mass is 32.1. The molecule has 0 unspecified atom stereocenters. The van der Waals surface area contributed by atoms with Crippen LogP contribution in [-0.4, -0.2) is 47.2 Å². The number of hydrogen-bond acceptors (Lipinski definition) is 8. The summed E-state index contributed by atoms with van der Waals surface area (Å²) in [5, 5.41) is 12.9. The molecule has 0 bridgehead atoms. The maximum Gasteiger partial charge on any atom is 0.340 e. The van der Waals surface area contributed by atoms with Gasteiger partial charge in [0.25, 0.3) is 11.8 Å². The Labute approximate surface area is 172 Å². The minimum atomic E-state index is -0.558. The number of rotatable bonds is 9. The van der Waals surface area contributed by atoms with Gasteiger partial charge in [0, 0.05) is 19.3 Å². The van der Waals surface area contributed by atoms with Crippen molar-refractivity contribution in [3.05, 3.63) is 53.2 Å². The second kappa shape index (κ2) is 9.83. The normalized spacial score (nSPS) is 10.6. The first-order valence-electron chi connectivity index (χ1n) is 9.20. The van der Waals surface area contributed by atoms with Crippen LogP contribution in [0.15, 0.2) is 46.2 Å². The van der Waals surface area contributed by atoms with E-state index in [9.17, 15) is 9.59 Å². The number of nitrogens with one attached hydrogen (secondary N) is 1. The third-order valence-corrected chi connectivity index (χ3v) is 4.97. The molecule has 0 aliphatic carbocycles. The van der Waals surface area contributed by atoms with E-state index in [1.54, 1.807) is 30.1 Å². The molecule has 152 valence electrons. The first kappa shape index (κ1) is 20.5. The molecule has 0 atom stereocenters. The van der Waals surface area contributed by atoms with Gasteiger partial charge in [-0.2, -0.15) is 0 Å². The lowest BCUT2D eigenvalue weighted by Crippen LogP contribution is -2.35. The second-order valence-electron chi connectivity index (χ2n) is 6.17. The number of amides is 1. The van der Waals surface area contributed by atoms with Crippen LogP contribution in [0.1, 0.15) is 29.6 Å². The van der Waals surface area contributed by atoms with Crippen molar-refractivity contribution in [1.29, 1.82) is 0 Å². The quantitative estimate of drug-likeness (QED) is 0.536. The maximum absolute atomic E-state index is 12.6. The van der Waals surface area contributed by atoms with Gasteiger partial charge in [-0.3, -0.25) is 4.79 Å². The van der Waals surface area contributed by atoms with E-state index < -0.39 is 5.97 Å². The van der Waals surface area contributed by atoms with Gasteiger partial charge in [-0.15, -0.1) is 21.5 Å². The number of benzene rings is 1. The molecule has 0 fully saturated rings. The number of ether oxygens (including phenoxy) is 1. The molecule has 0 aliphatic rings. The van der Waals surface area contributed by atoms with Gasteiger partial charge in [0.05, 0.1) is 17.0 Å². The number of aromatic nitrogens is 2. The van der Waals surface area contributed by atoms with E-state index in [1.165, 1.54) is 11.3 Å². The first-order chi connectivity index (χ1) is 14.1. The Morgan fingerprint density at radius 3 is 2.76 bits per heavy atom. The molecule has 1 aromatic carbocycles. The van der Waals surface area contributed by atoms with Crippen molar-refractivity contribution in [3.63, 3.8) is 0 Å². The van der Waals surface area contributed by atoms with Crippen LogP contribution < -0.4 is 5.32 Å². The molecule has 3 aromatic rings. The average molecular weight is 414 g/mol. The summed E-state index contributed by atoms with van der Waals surface area (Å²) < 4.78 is 10.9. The van der Waals surface area contributed by atoms with E-state index in [-0.39, 0.29) is 19.1 Å². The number of esters is 1. The lowest BCUT2D eigenvalue weighted by atomic mass is 10.2. The molecule has 1 amide bonds. The Balaban J connectivity index is 1.61. The number of nitrogens with zero attached hydrogens (tertiary/aromatic N) is 3. The summed E-state index contributed by atoms with van der Waals surface area (Å²) in [6, 6.07) is 10.8. The van der Waals surface area contributed by atoms with Gasteiger partial charge in [0.1, 0.15) is 0 Å². The standard InChI is InChI=1S/C20H22N4O4S/c1-3-10-24(12-17-22-23-19(28-17)16-9-6-11-29-16)18(25)13-27-20(26)14-7-4-5-8-15(14)21-2/h4-9,11,21H,3,10,12-13H2,1-2H3. The van der Waals surface area contributed by atoms with Crippen LogP contribution >= 0.6 is 11.3 Å². The number of carbonyl (C=O) groups excluding carboxylic acids is 2. The summed E-state index contributed by atoms with van der Waals surface area (Å²) in [5.74, 6) is -0.119. The maximum atomic E-state index is 12.6. The van der Waals surface area contributed by atoms with Crippen LogP contribution in [0.25, 0.3) is 10.8 Å². The predicted molar refractivity (Wildman–Crippen MR) is 110 cm³/mol. The van der Waals surface area contributed by atoms with Gasteiger partial charge in [0.15, 0.2) is 6.61 Å². The predicted octanol–water partition coefficient (Wildman–Crippen LogP) is 3.44. The molecule has 2 heterocycles. The van der Waals surface area contributed by atoms with E-state index in [4.69, 9.17) is 9.15 Å². The Morgan fingerprint density at radius 1 is 1.21 bits per heavy atom. The van der Waals surface area contributed by atoms with Crippen molar-refractivity contribution in [1.82, 2.24) is 15.1 Å². The number of carbonyl (C=O) groups is 2. The van der Waals surface area contributed by atoms with Gasteiger partial charge in [0.2, 0.25) is 5.89 Å². The lowest BCUT2D eigenvalue weighted by Gasteiger charge is -2.20. The van der Waals surface area contributed by atoms with Gasteiger partial charge >= 0.3 is 5.97 Å². The molecule has 1 N–H and O–H groups in total. The largest absolute Gasteiger partial charge is 0.452 e. The van der Waals surface area contributed by atoms with Gasteiger partial charge in [-0.05, 0) is 30.0 Å². The van der Waals surface area contributed by atoms with Crippen molar-refractivity contribution < 1.29 is 18.7 Å². The van der Waals surface area contributed by atoms with Crippen molar-refractivity contribution in [2.24, 2.45) is 0 Å². The van der Waals surface area contributed by atoms with Crippen molar-refractivity contribution >= 4 is 28.9 Å². The first-order valence-corrected chi connectivity index (χ1v) is 10.1. The molecule has 0 spiro atoms. The molecule has 0 saturated heterocycles. The molecule has 8 nitrogen and oxygen atoms in total. The smallest absolute Gasteiger partial charge is 0.340 e. The zero-order valence-corrected chi connectivity index (χ0v) is 17.1. The third kappa shape index (κ3) is 5.20. The summed E-state index contributed by atoms with van der Waals surface area (Å²) in [6.07, 6.45) is 0.744. The number of para-hydroxylation sites is 1. The number of hydrogen-bond donors (Lipinski definition) is 1. The molecular weight excluding hydrogens is 392 g/mol. The third-order valence-electron chi connectivity index (χ3n) is 4.11. The van der Waals surface area contributed by atoms with Crippen molar-refractivity contribution in [3.8, 4) is 10.8 Å². The Bertz CT molecular complexity index is 955. The fraction of sp³-hybridized carbons (Fsp3) is 0.300. The Hall–Kier alpha value is -3.20. The summed E-state index contributed by atoms with van der Waals surface area (Å²) in [5.41, 5.74) is 1.02. The van der Waals surface area contributed by atoms with Crippen LogP contribution in [0.4, 0.5) is 5.69 Å². The Kier molecular flexibility index (Phi) is 6.96. The van der Waals surface area contributed by atoms with E-state index in [0.29, 0.717) is 29.6 Å². The molecule has 0 saturated carbocycles. The van der Waals surface area contributed by atoms with Crippen molar-refractivity contribution in [2.75, 3.05) is 25.5 Å². The summed E-state index contributed by atoms with van der Waals surface area (Å²) in [7, 11) is 1.72. The average Bonchev–Trinajstić information content (AvgIpc) is 3.43. The summed E-state index contributed by atoms with van der Waals surface area (Å²) in [4.78, 5) is 27.4. The second-order valence-corrected chi connectivity index (χ2v) is 7.11. The highest BCUT2D eigenvalue weighted by Crippen LogP contribution is 2.23. The SMILES string of the molecule is CCCN(Cc1nnc(-c2cccs2)o1)C(=O)COC(=O)c1ccccc1NC. The number of thiophene rings is 1. The molecule has 0 radical (unpaired) electrons. The zero-order valence-electron chi connectivity index (χ0n) is 16.3. The van der Waals surface area contributed by atoms with Crippen LogP contribution in [0.5, 0.6) is 0 Å². The van der Waals surface area contributed by atoms with E-state index >= 15 is 0 Å². The summed E-state index contributed by atoms with van der Waals surface area (Å²) in [6.45, 7) is 2.25. The highest BCUT2D eigenvalue weighted by molar-refractivity contribution is 7.13. The van der Waals surface area contributed by atoms with Gasteiger partial charge < -0.3 is 19.4 Å². The van der Waals surface area contributed by atoms with E-state index in [2.05, 4.69) is 15.5 Å². The van der Waals surface area contributed by atoms with Crippen molar-refractivity contribution in [2.45, 2.75) is 19.9 Å². The van der Waals surface area contributed by atoms with Crippen LogP contribution in [0, 0.1) is 0 Å². The molecule has 3 rings (SSSR count). The van der Waals surface area contributed by atoms with Crippen LogP contribution in [0.3, 0.4) is 0 Å². The minimum absolute atomic E-state index is 0.162.